The van der Waals surface area contributed by atoms with Crippen LogP contribution in [0.4, 0.5) is 5.69 Å². The van der Waals surface area contributed by atoms with Gasteiger partial charge in [0.1, 0.15) is 18.1 Å². The zero-order valence-corrected chi connectivity index (χ0v) is 15.6. The molecule has 2 aromatic rings. The molecule has 0 radical (unpaired) electrons. The van der Waals surface area contributed by atoms with E-state index >= 15 is 0 Å². The molecule has 144 valence electrons. The number of hydrogen-bond acceptors (Lipinski definition) is 6. The van der Waals surface area contributed by atoms with Crippen LogP contribution in [0.1, 0.15) is 5.56 Å². The smallest absolute Gasteiger partial charge is 0.311 e. The summed E-state index contributed by atoms with van der Waals surface area (Å²) in [4.78, 5) is 22.1. The molecule has 1 amide bonds. The Morgan fingerprint density at radius 1 is 1.19 bits per heavy atom. The molecule has 1 N–H and O–H groups in total. The van der Waals surface area contributed by atoms with E-state index in [-0.39, 0.29) is 42.9 Å². The van der Waals surface area contributed by atoms with Crippen molar-refractivity contribution in [1.82, 2.24) is 5.32 Å². The maximum Gasteiger partial charge on any atom is 0.311 e. The Labute approximate surface area is 161 Å². The third kappa shape index (κ3) is 6.03. The number of nitrogens with one attached hydrogen (secondary N) is 1. The van der Waals surface area contributed by atoms with Crippen LogP contribution in [0.25, 0.3) is 0 Å². The predicted octanol–water partition coefficient (Wildman–Crippen LogP) is 3.14. The average molecular weight is 395 g/mol. The molecule has 0 saturated carbocycles. The number of hydrogen-bond donors (Lipinski definition) is 1. The maximum atomic E-state index is 11.8. The van der Waals surface area contributed by atoms with Gasteiger partial charge in [-0.15, -0.1) is 0 Å². The first-order valence-electron chi connectivity index (χ1n) is 8.01. The minimum absolute atomic E-state index is 0.0584. The number of ether oxygens (including phenoxy) is 3. The van der Waals surface area contributed by atoms with Gasteiger partial charge in [0.2, 0.25) is 5.75 Å². The molecule has 0 aliphatic rings. The molecular weight excluding hydrogens is 376 g/mol. The van der Waals surface area contributed by atoms with Gasteiger partial charge in [0.15, 0.2) is 6.61 Å². The fourth-order valence-corrected chi connectivity index (χ4v) is 2.29. The van der Waals surface area contributed by atoms with Crippen LogP contribution in [0, 0.1) is 17.0 Å². The SMILES string of the molecule is COc1cc(OCC(=O)NCCOc2ccc(C)c(Cl)c2)ccc1[N+](=O)[O-]. The molecule has 27 heavy (non-hydrogen) atoms. The molecule has 0 fully saturated rings. The Hall–Kier alpha value is -3.00. The van der Waals surface area contributed by atoms with Gasteiger partial charge < -0.3 is 19.5 Å². The summed E-state index contributed by atoms with van der Waals surface area (Å²) in [5.41, 5.74) is 0.778. The number of halogens is 1. The van der Waals surface area contributed by atoms with E-state index in [1.165, 1.54) is 25.3 Å². The zero-order valence-electron chi connectivity index (χ0n) is 14.9. The third-order valence-corrected chi connectivity index (χ3v) is 3.96. The fraction of sp³-hybridized carbons (Fsp3) is 0.278. The van der Waals surface area contributed by atoms with Gasteiger partial charge in [-0.25, -0.2) is 0 Å². The van der Waals surface area contributed by atoms with Gasteiger partial charge in [0, 0.05) is 17.2 Å². The number of methoxy groups -OCH3 is 1. The van der Waals surface area contributed by atoms with Gasteiger partial charge in [0.25, 0.3) is 5.91 Å². The Morgan fingerprint density at radius 2 is 1.89 bits per heavy atom. The first-order valence-corrected chi connectivity index (χ1v) is 8.39. The van der Waals surface area contributed by atoms with Crippen LogP contribution in [0.2, 0.25) is 5.02 Å². The molecule has 0 aliphatic carbocycles. The van der Waals surface area contributed by atoms with E-state index in [0.717, 1.165) is 5.56 Å². The van der Waals surface area contributed by atoms with E-state index in [9.17, 15) is 14.9 Å². The quantitative estimate of drug-likeness (QED) is 0.398. The summed E-state index contributed by atoms with van der Waals surface area (Å²) < 4.78 is 15.8. The lowest BCUT2D eigenvalue weighted by Gasteiger charge is -2.10. The summed E-state index contributed by atoms with van der Waals surface area (Å²) in [6.45, 7) is 2.22. The molecular formula is C18H19ClN2O6. The number of aryl methyl sites for hydroxylation is 1. The number of nitro benzene ring substituents is 1. The third-order valence-electron chi connectivity index (χ3n) is 3.55. The highest BCUT2D eigenvalue weighted by molar-refractivity contribution is 6.31. The van der Waals surface area contributed by atoms with Crippen LogP contribution in [-0.4, -0.2) is 37.7 Å². The molecule has 9 heteroatoms. The Morgan fingerprint density at radius 3 is 2.56 bits per heavy atom. The molecule has 0 aliphatic heterocycles. The number of amides is 1. The van der Waals surface area contributed by atoms with Crippen LogP contribution in [0.15, 0.2) is 36.4 Å². The first-order chi connectivity index (χ1) is 12.9. The summed E-state index contributed by atoms with van der Waals surface area (Å²) in [5, 5.41) is 14.1. The lowest BCUT2D eigenvalue weighted by atomic mass is 10.2. The number of carbonyl (C=O) groups excluding carboxylic acids is 1. The van der Waals surface area contributed by atoms with Gasteiger partial charge in [-0.2, -0.15) is 0 Å². The average Bonchev–Trinajstić information content (AvgIpc) is 2.65. The van der Waals surface area contributed by atoms with E-state index in [0.29, 0.717) is 10.8 Å². The van der Waals surface area contributed by atoms with Crippen molar-refractivity contribution in [3.05, 3.63) is 57.1 Å². The number of benzene rings is 2. The van der Waals surface area contributed by atoms with Crippen LogP contribution in [-0.2, 0) is 4.79 Å². The summed E-state index contributed by atoms with van der Waals surface area (Å²) in [6, 6.07) is 9.38. The van der Waals surface area contributed by atoms with Crippen molar-refractivity contribution in [2.75, 3.05) is 26.9 Å². The minimum Gasteiger partial charge on any atom is -0.492 e. The number of nitrogens with zero attached hydrogens (tertiary/aromatic N) is 1. The molecule has 0 saturated heterocycles. The first kappa shape index (κ1) is 20.3. The van der Waals surface area contributed by atoms with Gasteiger partial charge in [0.05, 0.1) is 18.6 Å². The fourth-order valence-electron chi connectivity index (χ4n) is 2.12. The molecule has 2 rings (SSSR count). The number of carbonyl (C=O) groups is 1. The Balaban J connectivity index is 1.74. The second-order valence-corrected chi connectivity index (χ2v) is 5.90. The van der Waals surface area contributed by atoms with E-state index in [4.69, 9.17) is 25.8 Å². The second-order valence-electron chi connectivity index (χ2n) is 5.49. The van der Waals surface area contributed by atoms with Crippen molar-refractivity contribution >= 4 is 23.2 Å². The highest BCUT2D eigenvalue weighted by Crippen LogP contribution is 2.30. The lowest BCUT2D eigenvalue weighted by Crippen LogP contribution is -2.32. The number of rotatable bonds is 9. The Kier molecular flexibility index (Phi) is 7.25. The standard InChI is InChI=1S/C18H19ClN2O6/c1-12-3-4-13(9-15(12)19)26-8-7-20-18(22)11-27-14-5-6-16(21(23)24)17(10-14)25-2/h3-6,9-10H,7-8,11H2,1-2H3,(H,20,22). The topological polar surface area (TPSA) is 99.9 Å². The maximum absolute atomic E-state index is 11.8. The number of nitro groups is 1. The second kappa shape index (κ2) is 9.63. The van der Waals surface area contributed by atoms with Crippen molar-refractivity contribution in [1.29, 1.82) is 0 Å². The van der Waals surface area contributed by atoms with E-state index in [2.05, 4.69) is 5.32 Å². The molecule has 0 spiro atoms. The van der Waals surface area contributed by atoms with E-state index in [1.54, 1.807) is 12.1 Å². The summed E-state index contributed by atoms with van der Waals surface area (Å²) in [7, 11) is 1.32. The van der Waals surface area contributed by atoms with Crippen LogP contribution < -0.4 is 19.5 Å². The Bertz CT molecular complexity index is 827. The summed E-state index contributed by atoms with van der Waals surface area (Å²) in [5.74, 6) is 0.619. The normalized spacial score (nSPS) is 10.2. The molecule has 0 bridgehead atoms. The van der Waals surface area contributed by atoms with Crippen LogP contribution in [0.5, 0.6) is 17.2 Å². The zero-order chi connectivity index (χ0) is 19.8. The molecule has 0 aromatic heterocycles. The van der Waals surface area contributed by atoms with Gasteiger partial charge in [-0.05, 0) is 30.7 Å². The lowest BCUT2D eigenvalue weighted by molar-refractivity contribution is -0.385. The largest absolute Gasteiger partial charge is 0.492 e. The van der Waals surface area contributed by atoms with Gasteiger partial charge >= 0.3 is 5.69 Å². The predicted molar refractivity (Wildman–Crippen MR) is 99.8 cm³/mol. The highest BCUT2D eigenvalue weighted by atomic mass is 35.5. The minimum atomic E-state index is -0.559. The van der Waals surface area contributed by atoms with Crippen molar-refractivity contribution in [3.8, 4) is 17.2 Å². The highest BCUT2D eigenvalue weighted by Gasteiger charge is 2.15. The van der Waals surface area contributed by atoms with Gasteiger partial charge in [-0.1, -0.05) is 17.7 Å². The van der Waals surface area contributed by atoms with E-state index < -0.39 is 4.92 Å². The molecule has 0 atom stereocenters. The molecule has 2 aromatic carbocycles. The molecule has 8 nitrogen and oxygen atoms in total. The van der Waals surface area contributed by atoms with Crippen LogP contribution in [0.3, 0.4) is 0 Å². The summed E-state index contributed by atoms with van der Waals surface area (Å²) in [6.07, 6.45) is 0. The van der Waals surface area contributed by atoms with Crippen molar-refractivity contribution < 1.29 is 23.9 Å². The van der Waals surface area contributed by atoms with Gasteiger partial charge in [-0.3, -0.25) is 14.9 Å². The van der Waals surface area contributed by atoms with Crippen molar-refractivity contribution in [2.24, 2.45) is 0 Å². The van der Waals surface area contributed by atoms with E-state index in [1.807, 2.05) is 13.0 Å². The molecule has 0 unspecified atom stereocenters. The van der Waals surface area contributed by atoms with Crippen molar-refractivity contribution in [2.45, 2.75) is 6.92 Å². The summed E-state index contributed by atoms with van der Waals surface area (Å²) >= 11 is 6.01. The van der Waals surface area contributed by atoms with Crippen LogP contribution >= 0.6 is 11.6 Å². The van der Waals surface area contributed by atoms with Crippen molar-refractivity contribution in [3.63, 3.8) is 0 Å². The monoisotopic (exact) mass is 394 g/mol. The molecule has 0 heterocycles.